The molecule has 1 amide bonds. The van der Waals surface area contributed by atoms with Crippen molar-refractivity contribution in [3.05, 3.63) is 0 Å². The van der Waals surface area contributed by atoms with Gasteiger partial charge in [-0.15, -0.1) is 0 Å². The van der Waals surface area contributed by atoms with Gasteiger partial charge in [0.2, 0.25) is 5.91 Å². The molecule has 5 atom stereocenters. The molecule has 4 unspecified atom stereocenters. The molecule has 1 heterocycles. The lowest BCUT2D eigenvalue weighted by atomic mass is 9.88. The van der Waals surface area contributed by atoms with Crippen molar-refractivity contribution in [2.75, 3.05) is 0 Å². The minimum Gasteiger partial charge on any atom is -0.481 e. The maximum Gasteiger partial charge on any atom is 0.326 e. The van der Waals surface area contributed by atoms with Gasteiger partial charge in [-0.1, -0.05) is 6.92 Å². The molecule has 0 spiro atoms. The lowest BCUT2D eigenvalue weighted by Gasteiger charge is -2.20. The highest BCUT2D eigenvalue weighted by Gasteiger charge is 2.42. The molecule has 1 saturated heterocycles. The minimum atomic E-state index is -1.42. The van der Waals surface area contributed by atoms with E-state index in [-0.39, 0.29) is 18.1 Å². The summed E-state index contributed by atoms with van der Waals surface area (Å²) in [7, 11) is 0. The SMILES string of the molecule is CC1OC(C)C(C(=O)N[C@H](CC(=O)O)C(=O)O)C1C. The van der Waals surface area contributed by atoms with E-state index in [0.29, 0.717) is 0 Å². The zero-order valence-corrected chi connectivity index (χ0v) is 11.1. The molecule has 0 aromatic rings. The van der Waals surface area contributed by atoms with Gasteiger partial charge in [0, 0.05) is 0 Å². The molecule has 1 fully saturated rings. The number of nitrogens with one attached hydrogen (secondary N) is 1. The second-order valence-electron chi connectivity index (χ2n) is 4.93. The minimum absolute atomic E-state index is 0.0470. The molecule has 108 valence electrons. The van der Waals surface area contributed by atoms with Crippen LogP contribution >= 0.6 is 0 Å². The van der Waals surface area contributed by atoms with E-state index in [1.165, 1.54) is 0 Å². The van der Waals surface area contributed by atoms with Crippen molar-refractivity contribution in [2.24, 2.45) is 11.8 Å². The number of carbonyl (C=O) groups is 3. The van der Waals surface area contributed by atoms with Gasteiger partial charge in [-0.2, -0.15) is 0 Å². The van der Waals surface area contributed by atoms with Crippen molar-refractivity contribution in [3.8, 4) is 0 Å². The second kappa shape index (κ2) is 6.01. The van der Waals surface area contributed by atoms with Crippen LogP contribution < -0.4 is 5.32 Å². The van der Waals surface area contributed by atoms with Gasteiger partial charge < -0.3 is 20.3 Å². The fourth-order valence-electron chi connectivity index (χ4n) is 2.36. The third kappa shape index (κ3) is 3.66. The number of carbonyl (C=O) groups excluding carboxylic acids is 1. The van der Waals surface area contributed by atoms with E-state index in [1.807, 2.05) is 13.8 Å². The number of carboxylic acids is 2. The Morgan fingerprint density at radius 2 is 1.74 bits per heavy atom. The summed E-state index contributed by atoms with van der Waals surface area (Å²) in [6.07, 6.45) is -1.05. The number of amides is 1. The average Bonchev–Trinajstić information content (AvgIpc) is 2.51. The summed E-state index contributed by atoms with van der Waals surface area (Å²) in [5, 5.41) is 19.8. The molecule has 19 heavy (non-hydrogen) atoms. The summed E-state index contributed by atoms with van der Waals surface area (Å²) < 4.78 is 5.51. The molecular weight excluding hydrogens is 254 g/mol. The van der Waals surface area contributed by atoms with Crippen LogP contribution in [0.25, 0.3) is 0 Å². The number of aliphatic carboxylic acids is 2. The predicted molar refractivity (Wildman–Crippen MR) is 64.5 cm³/mol. The maximum atomic E-state index is 12.1. The van der Waals surface area contributed by atoms with Gasteiger partial charge in [0.1, 0.15) is 6.04 Å². The highest BCUT2D eigenvalue weighted by Crippen LogP contribution is 2.32. The Balaban J connectivity index is 2.72. The highest BCUT2D eigenvalue weighted by atomic mass is 16.5. The smallest absolute Gasteiger partial charge is 0.326 e. The largest absolute Gasteiger partial charge is 0.481 e. The molecule has 0 radical (unpaired) electrons. The van der Waals surface area contributed by atoms with E-state index in [0.717, 1.165) is 0 Å². The molecule has 0 saturated carbocycles. The number of ether oxygens (including phenoxy) is 1. The molecule has 0 bridgehead atoms. The lowest BCUT2D eigenvalue weighted by Crippen LogP contribution is -2.47. The summed E-state index contributed by atoms with van der Waals surface area (Å²) in [6.45, 7) is 5.45. The summed E-state index contributed by atoms with van der Waals surface area (Å²) in [4.78, 5) is 33.5. The number of carboxylic acid groups (broad SMARTS) is 2. The Bertz CT molecular complexity index is 382. The first kappa shape index (κ1) is 15.4. The van der Waals surface area contributed by atoms with Crippen LogP contribution in [0.5, 0.6) is 0 Å². The molecule has 1 rings (SSSR count). The predicted octanol–water partition coefficient (Wildman–Crippen LogP) is 0.0900. The van der Waals surface area contributed by atoms with Crippen LogP contribution in [-0.4, -0.2) is 46.3 Å². The van der Waals surface area contributed by atoms with E-state index in [1.54, 1.807) is 6.92 Å². The Hall–Kier alpha value is -1.63. The molecule has 1 aliphatic rings. The van der Waals surface area contributed by atoms with Gasteiger partial charge in [0.25, 0.3) is 0 Å². The molecule has 3 N–H and O–H groups in total. The monoisotopic (exact) mass is 273 g/mol. The first-order valence-corrected chi connectivity index (χ1v) is 6.14. The number of hydrogen-bond donors (Lipinski definition) is 3. The summed E-state index contributed by atoms with van der Waals surface area (Å²) in [5.74, 6) is -3.62. The Morgan fingerprint density at radius 1 is 1.16 bits per heavy atom. The van der Waals surface area contributed by atoms with Gasteiger partial charge in [-0.05, 0) is 19.8 Å². The average molecular weight is 273 g/mol. The van der Waals surface area contributed by atoms with Crippen LogP contribution in [0.15, 0.2) is 0 Å². The normalized spacial score (nSPS) is 31.7. The van der Waals surface area contributed by atoms with Crippen LogP contribution in [0.4, 0.5) is 0 Å². The fourth-order valence-corrected chi connectivity index (χ4v) is 2.36. The third-order valence-electron chi connectivity index (χ3n) is 3.54. The van der Waals surface area contributed by atoms with Crippen LogP contribution in [-0.2, 0) is 19.1 Å². The van der Waals surface area contributed by atoms with Crippen LogP contribution in [0.3, 0.4) is 0 Å². The van der Waals surface area contributed by atoms with Gasteiger partial charge in [-0.3, -0.25) is 9.59 Å². The van der Waals surface area contributed by atoms with E-state index < -0.39 is 36.2 Å². The molecule has 0 aromatic carbocycles. The van der Waals surface area contributed by atoms with E-state index in [2.05, 4.69) is 5.32 Å². The van der Waals surface area contributed by atoms with Gasteiger partial charge in [0.15, 0.2) is 0 Å². The van der Waals surface area contributed by atoms with E-state index in [4.69, 9.17) is 14.9 Å². The molecular formula is C12H19NO6. The quantitative estimate of drug-likeness (QED) is 0.654. The second-order valence-corrected chi connectivity index (χ2v) is 4.93. The first-order valence-electron chi connectivity index (χ1n) is 6.14. The van der Waals surface area contributed by atoms with Crippen LogP contribution in [0.2, 0.25) is 0 Å². The molecule has 7 nitrogen and oxygen atoms in total. The summed E-state index contributed by atoms with van der Waals surface area (Å²) in [5.41, 5.74) is 0. The fraction of sp³-hybridized carbons (Fsp3) is 0.750. The van der Waals surface area contributed by atoms with Crippen molar-refractivity contribution in [1.82, 2.24) is 5.32 Å². The summed E-state index contributed by atoms with van der Waals surface area (Å²) in [6, 6.07) is -1.42. The topological polar surface area (TPSA) is 113 Å². The standard InChI is InChI=1S/C12H19NO6/c1-5-6(2)19-7(3)10(5)11(16)13-8(12(17)18)4-9(14)15/h5-8,10H,4H2,1-3H3,(H,13,16)(H,14,15)(H,17,18)/t5?,6?,7?,8-,10?/m1/s1. The zero-order chi connectivity index (χ0) is 14.7. The summed E-state index contributed by atoms with van der Waals surface area (Å²) >= 11 is 0. The van der Waals surface area contributed by atoms with Gasteiger partial charge >= 0.3 is 11.9 Å². The molecule has 0 aromatic heterocycles. The molecule has 1 aliphatic heterocycles. The highest BCUT2D eigenvalue weighted by molar-refractivity contribution is 5.88. The Kier molecular flexibility index (Phi) is 4.88. The van der Waals surface area contributed by atoms with Crippen molar-refractivity contribution < 1.29 is 29.3 Å². The van der Waals surface area contributed by atoms with Crippen LogP contribution in [0, 0.1) is 11.8 Å². The van der Waals surface area contributed by atoms with Gasteiger partial charge in [0.05, 0.1) is 24.5 Å². The Morgan fingerprint density at radius 3 is 2.11 bits per heavy atom. The van der Waals surface area contributed by atoms with Crippen molar-refractivity contribution in [1.29, 1.82) is 0 Å². The van der Waals surface area contributed by atoms with E-state index >= 15 is 0 Å². The lowest BCUT2D eigenvalue weighted by molar-refractivity contribution is -0.147. The Labute approximate surface area is 110 Å². The van der Waals surface area contributed by atoms with Crippen molar-refractivity contribution in [2.45, 2.75) is 45.4 Å². The van der Waals surface area contributed by atoms with Crippen LogP contribution in [0.1, 0.15) is 27.2 Å². The van der Waals surface area contributed by atoms with E-state index in [9.17, 15) is 14.4 Å². The van der Waals surface area contributed by atoms with Crippen molar-refractivity contribution >= 4 is 17.8 Å². The van der Waals surface area contributed by atoms with Crippen molar-refractivity contribution in [3.63, 3.8) is 0 Å². The first-order chi connectivity index (χ1) is 8.73. The molecule has 7 heteroatoms. The zero-order valence-electron chi connectivity index (χ0n) is 11.1. The maximum absolute atomic E-state index is 12.1. The molecule has 0 aliphatic carbocycles. The van der Waals surface area contributed by atoms with Gasteiger partial charge in [-0.25, -0.2) is 4.79 Å². The number of hydrogen-bond acceptors (Lipinski definition) is 4. The number of rotatable bonds is 5. The third-order valence-corrected chi connectivity index (χ3v) is 3.54.